The van der Waals surface area contributed by atoms with Crippen molar-refractivity contribution in [1.29, 1.82) is 5.26 Å². The molecular weight excluding hydrogens is 261 g/mol. The summed E-state index contributed by atoms with van der Waals surface area (Å²) in [6.45, 7) is 5.00. The largest absolute Gasteiger partial charge is 0.346 e. The van der Waals surface area contributed by atoms with E-state index in [1.807, 2.05) is 30.3 Å². The quantitative estimate of drug-likeness (QED) is 0.691. The Bertz CT molecular complexity index is 460. The summed E-state index contributed by atoms with van der Waals surface area (Å²) >= 11 is 0. The number of para-hydroxylation sites is 1. The van der Waals surface area contributed by atoms with E-state index in [0.717, 1.165) is 10.9 Å². The third kappa shape index (κ3) is 3.70. The molecule has 0 unspecified atom stereocenters. The van der Waals surface area contributed by atoms with Crippen LogP contribution < -0.4 is 0 Å². The van der Waals surface area contributed by atoms with Crippen molar-refractivity contribution >= 4 is 10.9 Å². The van der Waals surface area contributed by atoms with Crippen molar-refractivity contribution in [1.82, 2.24) is 4.98 Å². The van der Waals surface area contributed by atoms with E-state index in [4.69, 9.17) is 5.26 Å². The summed E-state index contributed by atoms with van der Waals surface area (Å²) in [6.07, 6.45) is 1.53. The Balaban J connectivity index is 0.000000617. The Morgan fingerprint density at radius 1 is 1.33 bits per heavy atom. The minimum Gasteiger partial charge on any atom is -0.346 e. The molecule has 1 radical (unpaired) electrons. The molecule has 0 N–H and O–H groups in total. The van der Waals surface area contributed by atoms with Crippen molar-refractivity contribution in [3.8, 4) is 6.07 Å². The van der Waals surface area contributed by atoms with Crippen LogP contribution in [0.3, 0.4) is 0 Å². The van der Waals surface area contributed by atoms with Crippen molar-refractivity contribution in [2.75, 3.05) is 0 Å². The van der Waals surface area contributed by atoms with Gasteiger partial charge in [-0.1, -0.05) is 23.6 Å². The van der Waals surface area contributed by atoms with E-state index in [1.54, 1.807) is 6.92 Å². The summed E-state index contributed by atoms with van der Waals surface area (Å²) in [5, 5.41) is 9.46. The van der Waals surface area contributed by atoms with Crippen molar-refractivity contribution in [3.05, 3.63) is 49.0 Å². The molecule has 1 aromatic heterocycles. The summed E-state index contributed by atoms with van der Waals surface area (Å²) in [7, 11) is 0. The van der Waals surface area contributed by atoms with Gasteiger partial charge in [-0.05, 0) is 23.3 Å². The van der Waals surface area contributed by atoms with Crippen LogP contribution in [0.5, 0.6) is 0 Å². The molecule has 1 heterocycles. The Morgan fingerprint density at radius 2 is 2.00 bits per heavy atom. The van der Waals surface area contributed by atoms with Crippen LogP contribution in [0.1, 0.15) is 12.5 Å². The molecular formula is C12H10N2Y-2. The number of nitriles is 1. The normalized spacial score (nSPS) is 8.07. The molecule has 0 amide bonds. The number of fused-ring (bicyclic) bond motifs is 1. The van der Waals surface area contributed by atoms with E-state index < -0.39 is 0 Å². The van der Waals surface area contributed by atoms with Gasteiger partial charge in [0.2, 0.25) is 0 Å². The van der Waals surface area contributed by atoms with Gasteiger partial charge in [-0.25, -0.2) is 5.26 Å². The molecule has 2 rings (SSSR count). The van der Waals surface area contributed by atoms with E-state index in [2.05, 4.69) is 18.0 Å². The second-order valence-electron chi connectivity index (χ2n) is 2.43. The zero-order valence-corrected chi connectivity index (χ0v) is 11.4. The molecule has 0 aliphatic heterocycles. The topological polar surface area (TPSA) is 36.7 Å². The number of aromatic nitrogens is 1. The molecule has 3 heteroatoms. The first-order valence-corrected chi connectivity index (χ1v) is 4.28. The molecule has 0 saturated carbocycles. The van der Waals surface area contributed by atoms with Gasteiger partial charge in [-0.3, -0.25) is 0 Å². The molecule has 0 bridgehead atoms. The van der Waals surface area contributed by atoms with E-state index in [9.17, 15) is 0 Å². The summed E-state index contributed by atoms with van der Waals surface area (Å²) in [5.74, 6) is 0. The number of pyridine rings is 1. The fourth-order valence-electron chi connectivity index (χ4n) is 1.06. The fourth-order valence-corrected chi connectivity index (χ4v) is 1.06. The van der Waals surface area contributed by atoms with Gasteiger partial charge in [-0.15, -0.1) is 12.1 Å². The molecule has 2 aromatic rings. The van der Waals surface area contributed by atoms with Gasteiger partial charge in [0.05, 0.1) is 0 Å². The van der Waals surface area contributed by atoms with Gasteiger partial charge in [0.25, 0.3) is 0 Å². The van der Waals surface area contributed by atoms with Crippen LogP contribution in [0.25, 0.3) is 10.9 Å². The van der Waals surface area contributed by atoms with Gasteiger partial charge < -0.3 is 11.9 Å². The van der Waals surface area contributed by atoms with E-state index in [-0.39, 0.29) is 32.7 Å². The molecule has 0 aliphatic rings. The van der Waals surface area contributed by atoms with Gasteiger partial charge in [-0.2, -0.15) is 6.92 Å². The van der Waals surface area contributed by atoms with Gasteiger partial charge in [0.1, 0.15) is 0 Å². The number of hydrogen-bond acceptors (Lipinski definition) is 2. The van der Waals surface area contributed by atoms with Crippen molar-refractivity contribution < 1.29 is 32.7 Å². The number of nitrogens with zero attached hydrogens (tertiary/aromatic N) is 2. The third-order valence-corrected chi connectivity index (χ3v) is 1.63. The average Bonchev–Trinajstić information content (AvgIpc) is 2.31. The summed E-state index contributed by atoms with van der Waals surface area (Å²) < 4.78 is 0. The SMILES string of the molecule is N#Cc1[c-]c2ccccc2nc1.[CH2-]C.[Y]. The van der Waals surface area contributed by atoms with Crippen LogP contribution in [0.4, 0.5) is 0 Å². The standard InChI is InChI=1S/C10H5N2.C2H5.Y/c11-6-8-5-9-3-1-2-4-10(9)12-7-8;1-2;/h1-4,7H;1H2,2H3;/q2*-1;. The number of rotatable bonds is 0. The van der Waals surface area contributed by atoms with Gasteiger partial charge in [0.15, 0.2) is 0 Å². The molecule has 0 saturated heterocycles. The maximum absolute atomic E-state index is 8.58. The summed E-state index contributed by atoms with van der Waals surface area (Å²) in [6, 6.07) is 12.6. The number of hydrogen-bond donors (Lipinski definition) is 0. The Kier molecular flexibility index (Phi) is 7.12. The predicted octanol–water partition coefficient (Wildman–Crippen LogP) is 2.74. The van der Waals surface area contributed by atoms with Gasteiger partial charge in [0, 0.05) is 32.7 Å². The molecule has 0 spiro atoms. The van der Waals surface area contributed by atoms with Crippen molar-refractivity contribution in [2.24, 2.45) is 0 Å². The van der Waals surface area contributed by atoms with Crippen LogP contribution in [0.15, 0.2) is 30.5 Å². The smallest absolute Gasteiger partial charge is 0 e. The molecule has 0 atom stereocenters. The molecule has 1 aromatic carbocycles. The van der Waals surface area contributed by atoms with Crippen LogP contribution in [-0.2, 0) is 32.7 Å². The Labute approximate surface area is 115 Å². The molecule has 73 valence electrons. The molecule has 2 nitrogen and oxygen atoms in total. The molecule has 0 fully saturated rings. The minimum atomic E-state index is 0. The molecule has 0 aliphatic carbocycles. The maximum atomic E-state index is 8.58. The fraction of sp³-hybridized carbons (Fsp3) is 0.0833. The van der Waals surface area contributed by atoms with E-state index >= 15 is 0 Å². The van der Waals surface area contributed by atoms with Crippen LogP contribution in [-0.4, -0.2) is 4.98 Å². The predicted molar refractivity (Wildman–Crippen MR) is 56.3 cm³/mol. The van der Waals surface area contributed by atoms with E-state index in [0.29, 0.717) is 5.56 Å². The van der Waals surface area contributed by atoms with Crippen LogP contribution in [0.2, 0.25) is 0 Å². The summed E-state index contributed by atoms with van der Waals surface area (Å²) in [5.41, 5.74) is 1.35. The van der Waals surface area contributed by atoms with Crippen molar-refractivity contribution in [3.63, 3.8) is 0 Å². The summed E-state index contributed by atoms with van der Waals surface area (Å²) in [4.78, 5) is 4.10. The number of benzene rings is 1. The van der Waals surface area contributed by atoms with E-state index in [1.165, 1.54) is 6.20 Å². The zero-order valence-electron chi connectivity index (χ0n) is 8.57. The zero-order chi connectivity index (χ0) is 10.4. The monoisotopic (exact) mass is 271 g/mol. The average molecular weight is 271 g/mol. The van der Waals surface area contributed by atoms with Crippen LogP contribution in [0, 0.1) is 24.3 Å². The van der Waals surface area contributed by atoms with Crippen molar-refractivity contribution in [2.45, 2.75) is 6.92 Å². The van der Waals surface area contributed by atoms with Crippen LogP contribution >= 0.6 is 0 Å². The Hall–Kier alpha value is -0.776. The second-order valence-corrected chi connectivity index (χ2v) is 2.43. The Morgan fingerprint density at radius 3 is 2.67 bits per heavy atom. The second kappa shape index (κ2) is 7.51. The minimum absolute atomic E-state index is 0. The first-order valence-electron chi connectivity index (χ1n) is 4.28. The third-order valence-electron chi connectivity index (χ3n) is 1.63. The maximum Gasteiger partial charge on any atom is 0 e. The first kappa shape index (κ1) is 14.2. The molecule has 15 heavy (non-hydrogen) atoms. The van der Waals surface area contributed by atoms with Gasteiger partial charge >= 0.3 is 0 Å². The first-order chi connectivity index (χ1) is 6.90.